The molecule has 0 amide bonds. The first kappa shape index (κ1) is 30.1. The Labute approximate surface area is 248 Å². The van der Waals surface area contributed by atoms with Gasteiger partial charge in [0.05, 0.1) is 39.7 Å². The number of imidazole rings is 1. The van der Waals surface area contributed by atoms with Gasteiger partial charge < -0.3 is 14.5 Å². The molecular formula is C26H13F7N5NaO2. The third kappa shape index (κ3) is 6.09. The predicted molar refractivity (Wildman–Crippen MR) is 123 cm³/mol. The number of pyridine rings is 1. The number of rotatable bonds is 5. The maximum Gasteiger partial charge on any atom is 1.00 e. The van der Waals surface area contributed by atoms with Gasteiger partial charge in [-0.1, -0.05) is 18.2 Å². The summed E-state index contributed by atoms with van der Waals surface area (Å²) in [6.07, 6.45) is -7.54. The van der Waals surface area contributed by atoms with Crippen LogP contribution in [0.2, 0.25) is 0 Å². The van der Waals surface area contributed by atoms with Crippen LogP contribution >= 0.6 is 0 Å². The van der Waals surface area contributed by atoms with Crippen molar-refractivity contribution in [1.29, 1.82) is 0 Å². The maximum absolute atomic E-state index is 14.2. The zero-order chi connectivity index (χ0) is 28.8. The number of carbonyl (C=O) groups excluding carboxylic acids is 1. The summed E-state index contributed by atoms with van der Waals surface area (Å²) in [5.41, 5.74) is -3.77. The summed E-state index contributed by atoms with van der Waals surface area (Å²) in [6.45, 7) is 0. The average Bonchev–Trinajstić information content (AvgIpc) is 3.31. The van der Waals surface area contributed by atoms with E-state index in [9.17, 15) is 40.6 Å². The minimum Gasteiger partial charge on any atom is -0.547 e. The van der Waals surface area contributed by atoms with Crippen molar-refractivity contribution in [2.24, 2.45) is 0 Å². The molecule has 0 fully saturated rings. The zero-order valence-corrected chi connectivity index (χ0v) is 22.7. The van der Waals surface area contributed by atoms with Crippen molar-refractivity contribution < 1.29 is 70.2 Å². The first-order valence-corrected chi connectivity index (χ1v) is 11.3. The normalized spacial score (nSPS) is 12.7. The molecule has 0 aliphatic carbocycles. The molecule has 2 aliphatic rings. The van der Waals surface area contributed by atoms with Gasteiger partial charge in [0.1, 0.15) is 17.6 Å². The van der Waals surface area contributed by atoms with Gasteiger partial charge in [0, 0.05) is 18.0 Å². The van der Waals surface area contributed by atoms with Gasteiger partial charge in [-0.05, 0) is 42.5 Å². The van der Waals surface area contributed by atoms with Crippen LogP contribution in [0.3, 0.4) is 0 Å². The largest absolute Gasteiger partial charge is 1.00 e. The van der Waals surface area contributed by atoms with Crippen LogP contribution in [0.5, 0.6) is 0 Å². The zero-order valence-electron chi connectivity index (χ0n) is 20.7. The smallest absolute Gasteiger partial charge is 0.547 e. The number of hydrogen-bond acceptors (Lipinski definition) is 6. The molecule has 0 N–H and O–H groups in total. The van der Waals surface area contributed by atoms with E-state index in [1.165, 1.54) is 36.7 Å². The molecule has 7 nitrogen and oxygen atoms in total. The van der Waals surface area contributed by atoms with Crippen molar-refractivity contribution in [2.75, 3.05) is 0 Å². The number of carbonyl (C=O) groups is 1. The van der Waals surface area contributed by atoms with Crippen LogP contribution in [0.4, 0.5) is 30.7 Å². The number of aliphatic carboxylic acids is 1. The Balaban J connectivity index is 0.00000387. The summed E-state index contributed by atoms with van der Waals surface area (Å²) in [6, 6.07) is 8.73. The van der Waals surface area contributed by atoms with Gasteiger partial charge in [-0.15, -0.1) is 0 Å². The van der Waals surface area contributed by atoms with Crippen LogP contribution in [0.25, 0.3) is 34.0 Å². The first-order valence-electron chi connectivity index (χ1n) is 11.3. The summed E-state index contributed by atoms with van der Waals surface area (Å²) < 4.78 is 94.9. The summed E-state index contributed by atoms with van der Waals surface area (Å²) in [7, 11) is 0. The molecular weight excluding hydrogens is 570 g/mol. The van der Waals surface area contributed by atoms with E-state index < -0.39 is 52.6 Å². The molecule has 1 unspecified atom stereocenters. The van der Waals surface area contributed by atoms with Crippen molar-refractivity contribution >= 4 is 5.97 Å². The van der Waals surface area contributed by atoms with E-state index in [1.807, 2.05) is 0 Å². The molecule has 2 aromatic carbocycles. The van der Waals surface area contributed by atoms with Crippen LogP contribution in [0.1, 0.15) is 22.9 Å². The summed E-state index contributed by atoms with van der Waals surface area (Å²) in [4.78, 5) is 20.5. The van der Waals surface area contributed by atoms with E-state index in [4.69, 9.17) is 0 Å². The Hall–Kier alpha value is -3.88. The van der Waals surface area contributed by atoms with Crippen LogP contribution in [0.15, 0.2) is 73.1 Å². The minimum atomic E-state index is -5.14. The van der Waals surface area contributed by atoms with Crippen molar-refractivity contribution in [2.45, 2.75) is 18.4 Å². The second-order valence-electron chi connectivity index (χ2n) is 8.51. The fraction of sp³-hybridized carbons (Fsp3) is 0.115. The first-order chi connectivity index (χ1) is 18.8. The number of alkyl halides is 6. The van der Waals surface area contributed by atoms with Gasteiger partial charge in [-0.2, -0.15) is 36.5 Å². The van der Waals surface area contributed by atoms with Gasteiger partial charge in [0.25, 0.3) is 0 Å². The third-order valence-corrected chi connectivity index (χ3v) is 5.92. The second kappa shape index (κ2) is 11.2. The molecule has 0 saturated heterocycles. The van der Waals surface area contributed by atoms with Crippen LogP contribution in [-0.4, -0.2) is 30.7 Å². The molecule has 1 aromatic heterocycles. The fourth-order valence-electron chi connectivity index (χ4n) is 4.06. The molecule has 3 heterocycles. The quantitative estimate of drug-likeness (QED) is 0.232. The number of hydrogen-bond donors (Lipinski definition) is 0. The number of carboxylic acids is 1. The van der Waals surface area contributed by atoms with Crippen LogP contribution in [0, 0.1) is 5.82 Å². The van der Waals surface area contributed by atoms with Gasteiger partial charge in [-0.3, -0.25) is 0 Å². The molecule has 41 heavy (non-hydrogen) atoms. The monoisotopic (exact) mass is 583 g/mol. The molecule has 3 aromatic rings. The average molecular weight is 583 g/mol. The molecule has 0 spiro atoms. The van der Waals surface area contributed by atoms with Crippen molar-refractivity contribution in [3.05, 3.63) is 95.7 Å². The topological polar surface area (TPSA) is 96.6 Å². The van der Waals surface area contributed by atoms with Gasteiger partial charge in [-0.25, -0.2) is 14.4 Å². The molecule has 15 heteroatoms. The number of aromatic nitrogens is 5. The minimum absolute atomic E-state index is 0. The Morgan fingerprint density at radius 3 is 2.12 bits per heavy atom. The van der Waals surface area contributed by atoms with E-state index in [0.717, 1.165) is 16.7 Å². The molecule has 0 saturated carbocycles. The number of benzene rings is 2. The van der Waals surface area contributed by atoms with Crippen molar-refractivity contribution in [3.63, 3.8) is 0 Å². The van der Waals surface area contributed by atoms with Gasteiger partial charge in [0.15, 0.2) is 5.82 Å². The summed E-state index contributed by atoms with van der Waals surface area (Å²) in [5.74, 6) is -2.14. The Bertz CT molecular complexity index is 1690. The number of fused-ring (bicyclic) bond motifs is 1. The molecule has 1 atom stereocenters. The SMILES string of the molecule is O=C([O-])C(c1ccc(-c2ccc(C(F)(F)F)cc2C(F)(F)F)nn1)n1ccc2nc(-c3ccccc3F)nc-2c1.[Na+]. The Morgan fingerprint density at radius 1 is 0.805 bits per heavy atom. The van der Waals surface area contributed by atoms with Crippen LogP contribution in [-0.2, 0) is 17.1 Å². The summed E-state index contributed by atoms with van der Waals surface area (Å²) >= 11 is 0. The molecule has 0 bridgehead atoms. The van der Waals surface area contributed by atoms with Crippen molar-refractivity contribution in [1.82, 2.24) is 24.7 Å². The maximum atomic E-state index is 14.2. The predicted octanol–water partition coefficient (Wildman–Crippen LogP) is 2.03. The van der Waals surface area contributed by atoms with E-state index in [2.05, 4.69) is 20.2 Å². The number of carboxylic acid groups (broad SMARTS) is 1. The molecule has 5 rings (SSSR count). The van der Waals surface area contributed by atoms with Crippen molar-refractivity contribution in [3.8, 4) is 34.0 Å². The molecule has 0 radical (unpaired) electrons. The summed E-state index contributed by atoms with van der Waals surface area (Å²) in [5, 5.41) is 19.4. The fourth-order valence-corrected chi connectivity index (χ4v) is 4.06. The number of halogens is 7. The Morgan fingerprint density at radius 2 is 1.51 bits per heavy atom. The van der Waals surface area contributed by atoms with E-state index in [1.54, 1.807) is 6.07 Å². The second-order valence-corrected chi connectivity index (χ2v) is 8.51. The van der Waals surface area contributed by atoms with Gasteiger partial charge in [0.2, 0.25) is 0 Å². The standard InChI is InChI=1S/C26H14F7N5O2.Na/c27-17-4-2-1-3-15(17)23-34-19-9-10-38(12-21(19)35-23)22(24(39)40)20-8-7-18(36-37-20)14-6-5-13(25(28,29)30)11-16(14)26(31,32)33;/h1-12,22H,(H,39,40);/q;+1/p-1. The molecule has 2 aliphatic heterocycles. The van der Waals surface area contributed by atoms with Crippen LogP contribution < -0.4 is 34.7 Å². The van der Waals surface area contributed by atoms with E-state index >= 15 is 0 Å². The van der Waals surface area contributed by atoms with E-state index in [-0.39, 0.29) is 58.4 Å². The number of nitrogens with zero attached hydrogens (tertiary/aromatic N) is 5. The third-order valence-electron chi connectivity index (χ3n) is 5.92. The van der Waals surface area contributed by atoms with Gasteiger partial charge >= 0.3 is 41.9 Å². The van der Waals surface area contributed by atoms with E-state index in [0.29, 0.717) is 17.8 Å². The Kier molecular flexibility index (Phi) is 8.21. The molecule has 204 valence electrons.